The monoisotopic (exact) mass is 202 g/mol. The topological polar surface area (TPSA) is 0 Å². The molecule has 0 aromatic rings. The molecule has 32 valence electrons. The van der Waals surface area contributed by atoms with Crippen molar-refractivity contribution in [3.63, 3.8) is 0 Å². The standard InChI is InChI=1S/C3H7P.HI/c1-2-3-4;/h2H,1,3-4H2;1H. The number of hydrogen-bond acceptors (Lipinski definition) is 0. The van der Waals surface area contributed by atoms with Gasteiger partial charge in [-0.3, -0.25) is 0 Å². The highest BCUT2D eigenvalue weighted by Crippen LogP contribution is 1.74. The Labute approximate surface area is 52.3 Å². The van der Waals surface area contributed by atoms with E-state index < -0.39 is 0 Å². The largest absolute Gasteiger partial charge is 0.134 e. The fourth-order valence-corrected chi connectivity index (χ4v) is 0. The van der Waals surface area contributed by atoms with E-state index in [-0.39, 0.29) is 24.0 Å². The molecule has 0 rings (SSSR count). The second kappa shape index (κ2) is 8.86. The Balaban J connectivity index is 0. The fourth-order valence-electron chi connectivity index (χ4n) is 0. The van der Waals surface area contributed by atoms with E-state index in [4.69, 9.17) is 0 Å². The third-order valence-corrected chi connectivity index (χ3v) is 0.500. The van der Waals surface area contributed by atoms with Crippen molar-refractivity contribution in [1.82, 2.24) is 0 Å². The molecule has 0 saturated heterocycles. The van der Waals surface area contributed by atoms with Crippen molar-refractivity contribution in [2.45, 2.75) is 0 Å². The van der Waals surface area contributed by atoms with E-state index in [1.54, 1.807) is 0 Å². The van der Waals surface area contributed by atoms with Crippen molar-refractivity contribution in [1.29, 1.82) is 0 Å². The molecule has 0 N–H and O–H groups in total. The van der Waals surface area contributed by atoms with Gasteiger partial charge in [0.05, 0.1) is 0 Å². The fraction of sp³-hybridized carbons (Fsp3) is 0.333. The van der Waals surface area contributed by atoms with E-state index in [0.29, 0.717) is 0 Å². The minimum absolute atomic E-state index is 0. The van der Waals surface area contributed by atoms with Crippen LogP contribution in [0.25, 0.3) is 0 Å². The maximum atomic E-state index is 3.46. The molecule has 0 radical (unpaired) electrons. The van der Waals surface area contributed by atoms with E-state index in [0.717, 1.165) is 6.16 Å². The van der Waals surface area contributed by atoms with Gasteiger partial charge < -0.3 is 0 Å². The van der Waals surface area contributed by atoms with Crippen molar-refractivity contribution in [3.8, 4) is 0 Å². The Hall–Kier alpha value is 0.900. The smallest absolute Gasteiger partial charge is 0.0203 e. The van der Waals surface area contributed by atoms with Gasteiger partial charge in [-0.05, 0) is 6.16 Å². The zero-order chi connectivity index (χ0) is 3.41. The van der Waals surface area contributed by atoms with Crippen molar-refractivity contribution < 1.29 is 0 Å². The van der Waals surface area contributed by atoms with Gasteiger partial charge in [-0.1, -0.05) is 6.08 Å². The zero-order valence-corrected chi connectivity index (χ0v) is 6.46. The predicted molar refractivity (Wildman–Crippen MR) is 40.2 cm³/mol. The van der Waals surface area contributed by atoms with Crippen LogP contribution in [0.15, 0.2) is 12.7 Å². The molecule has 0 amide bonds. The van der Waals surface area contributed by atoms with Crippen LogP contribution in [-0.2, 0) is 0 Å². The summed E-state index contributed by atoms with van der Waals surface area (Å²) in [5.41, 5.74) is 0. The van der Waals surface area contributed by atoms with E-state index >= 15 is 0 Å². The molecular weight excluding hydrogens is 194 g/mol. The van der Waals surface area contributed by atoms with Crippen LogP contribution in [0.3, 0.4) is 0 Å². The number of rotatable bonds is 1. The van der Waals surface area contributed by atoms with Crippen LogP contribution in [0.5, 0.6) is 0 Å². The molecule has 0 aromatic heterocycles. The SMILES string of the molecule is C=CCP.I. The second-order valence-electron chi connectivity index (χ2n) is 0.524. The summed E-state index contributed by atoms with van der Waals surface area (Å²) in [5.74, 6) is 0. The lowest BCUT2D eigenvalue weighted by Gasteiger charge is -1.58. The minimum atomic E-state index is 0. The Bertz CT molecular complexity index is 20.9. The quantitative estimate of drug-likeness (QED) is 0.344. The van der Waals surface area contributed by atoms with Crippen LogP contribution in [0.1, 0.15) is 0 Å². The first-order chi connectivity index (χ1) is 1.91. The molecule has 0 fully saturated rings. The maximum Gasteiger partial charge on any atom is -0.0203 e. The van der Waals surface area contributed by atoms with Crippen LogP contribution >= 0.6 is 33.2 Å². The Morgan fingerprint density at radius 2 is 2.00 bits per heavy atom. The molecular formula is C3H8IP. The maximum absolute atomic E-state index is 3.46. The van der Waals surface area contributed by atoms with Crippen molar-refractivity contribution >= 4 is 33.2 Å². The molecule has 0 spiro atoms. The van der Waals surface area contributed by atoms with Crippen LogP contribution in [0.2, 0.25) is 0 Å². The minimum Gasteiger partial charge on any atom is -0.134 e. The van der Waals surface area contributed by atoms with Gasteiger partial charge in [-0.2, -0.15) is 0 Å². The van der Waals surface area contributed by atoms with Gasteiger partial charge in [-0.15, -0.1) is 39.8 Å². The van der Waals surface area contributed by atoms with E-state index in [1.807, 2.05) is 6.08 Å². The van der Waals surface area contributed by atoms with Gasteiger partial charge in [0, 0.05) is 0 Å². The number of halogens is 1. The zero-order valence-electron chi connectivity index (χ0n) is 2.98. The summed E-state index contributed by atoms with van der Waals surface area (Å²) in [4.78, 5) is 0. The van der Waals surface area contributed by atoms with Gasteiger partial charge in [0.2, 0.25) is 0 Å². The van der Waals surface area contributed by atoms with Crippen LogP contribution < -0.4 is 0 Å². The molecule has 0 aromatic carbocycles. The predicted octanol–water partition coefficient (Wildman–Crippen LogP) is 1.67. The molecule has 5 heavy (non-hydrogen) atoms. The molecule has 0 aliphatic heterocycles. The van der Waals surface area contributed by atoms with Crippen LogP contribution in [0, 0.1) is 0 Å². The molecule has 2 heteroatoms. The van der Waals surface area contributed by atoms with Crippen LogP contribution in [0.4, 0.5) is 0 Å². The van der Waals surface area contributed by atoms with Gasteiger partial charge in [-0.25, -0.2) is 0 Å². The average molecular weight is 202 g/mol. The summed E-state index contributed by atoms with van der Waals surface area (Å²) in [7, 11) is 2.54. The number of hydrogen-bond donors (Lipinski definition) is 0. The lowest BCUT2D eigenvalue weighted by atomic mass is 10.8. The highest BCUT2D eigenvalue weighted by molar-refractivity contribution is 14.0. The third kappa shape index (κ3) is 11.4. The summed E-state index contributed by atoms with van der Waals surface area (Å²) in [6.45, 7) is 3.46. The second-order valence-corrected chi connectivity index (χ2v) is 0.996. The summed E-state index contributed by atoms with van der Waals surface area (Å²) >= 11 is 0. The first-order valence-electron chi connectivity index (χ1n) is 1.22. The van der Waals surface area contributed by atoms with Gasteiger partial charge in [0.25, 0.3) is 0 Å². The van der Waals surface area contributed by atoms with E-state index in [1.165, 1.54) is 0 Å². The van der Waals surface area contributed by atoms with Crippen molar-refractivity contribution in [2.24, 2.45) is 0 Å². The van der Waals surface area contributed by atoms with E-state index in [2.05, 4.69) is 15.8 Å². The van der Waals surface area contributed by atoms with Crippen LogP contribution in [-0.4, -0.2) is 6.16 Å². The molecule has 0 bridgehead atoms. The molecule has 1 unspecified atom stereocenters. The lowest BCUT2D eigenvalue weighted by molar-refractivity contribution is 1.83. The molecule has 0 aliphatic carbocycles. The molecule has 0 aliphatic rings. The summed E-state index contributed by atoms with van der Waals surface area (Å²) in [5, 5.41) is 0. The Kier molecular flexibility index (Phi) is 16.5. The van der Waals surface area contributed by atoms with Gasteiger partial charge in [0.15, 0.2) is 0 Å². The summed E-state index contributed by atoms with van der Waals surface area (Å²) in [6, 6.07) is 0. The molecule has 0 saturated carbocycles. The highest BCUT2D eigenvalue weighted by atomic mass is 127. The Morgan fingerprint density at radius 1 is 1.80 bits per heavy atom. The first-order valence-corrected chi connectivity index (χ1v) is 2.04. The van der Waals surface area contributed by atoms with Gasteiger partial charge in [0.1, 0.15) is 0 Å². The molecule has 1 atom stereocenters. The lowest BCUT2D eigenvalue weighted by Crippen LogP contribution is -1.43. The Morgan fingerprint density at radius 3 is 2.00 bits per heavy atom. The molecule has 0 nitrogen and oxygen atoms in total. The first kappa shape index (κ1) is 9.31. The summed E-state index contributed by atoms with van der Waals surface area (Å²) < 4.78 is 0. The van der Waals surface area contributed by atoms with Gasteiger partial charge >= 0.3 is 0 Å². The average Bonchev–Trinajstić information content (AvgIpc) is 1.37. The number of allylic oxidation sites excluding steroid dienone is 1. The van der Waals surface area contributed by atoms with E-state index in [9.17, 15) is 0 Å². The molecule has 0 heterocycles. The normalized spacial score (nSPS) is 5.00. The van der Waals surface area contributed by atoms with Crippen molar-refractivity contribution in [3.05, 3.63) is 12.7 Å². The highest BCUT2D eigenvalue weighted by Gasteiger charge is 1.44. The van der Waals surface area contributed by atoms with Crippen molar-refractivity contribution in [2.75, 3.05) is 6.16 Å². The third-order valence-electron chi connectivity index (χ3n) is 0.167. The summed E-state index contributed by atoms with van der Waals surface area (Å²) in [6.07, 6.45) is 2.84.